The monoisotopic (exact) mass is 340 g/mol. The van der Waals surface area contributed by atoms with Gasteiger partial charge in [0.2, 0.25) is 0 Å². The van der Waals surface area contributed by atoms with Crippen molar-refractivity contribution in [2.45, 2.75) is 51.8 Å². The molecule has 7 heteroatoms. The van der Waals surface area contributed by atoms with Gasteiger partial charge in [0.25, 0.3) is 0 Å². The summed E-state index contributed by atoms with van der Waals surface area (Å²) in [5, 5.41) is 0.430. The smallest absolute Gasteiger partial charge is 0.410 e. The van der Waals surface area contributed by atoms with E-state index in [1.807, 2.05) is 27.8 Å². The van der Waals surface area contributed by atoms with Crippen LogP contribution >= 0.6 is 11.6 Å². The molecule has 1 aliphatic heterocycles. The van der Waals surface area contributed by atoms with Gasteiger partial charge in [-0.3, -0.25) is 9.88 Å². The molecule has 2 rings (SSSR count). The molecule has 1 unspecified atom stereocenters. The number of hydrogen-bond donors (Lipinski definition) is 0. The molecule has 1 aliphatic rings. The van der Waals surface area contributed by atoms with E-state index in [0.717, 1.165) is 25.1 Å². The minimum absolute atomic E-state index is 0.242. The number of aromatic nitrogens is 2. The maximum Gasteiger partial charge on any atom is 0.410 e. The molecular formula is C16H25ClN4O2. The van der Waals surface area contributed by atoms with Gasteiger partial charge in [0, 0.05) is 38.1 Å². The highest BCUT2D eigenvalue weighted by Crippen LogP contribution is 2.20. The molecule has 1 atom stereocenters. The van der Waals surface area contributed by atoms with E-state index in [1.54, 1.807) is 17.3 Å². The minimum Gasteiger partial charge on any atom is -0.444 e. The Balaban J connectivity index is 1.95. The molecule has 1 saturated heterocycles. The number of halogens is 1. The summed E-state index contributed by atoms with van der Waals surface area (Å²) >= 11 is 6.07. The van der Waals surface area contributed by atoms with E-state index in [0.29, 0.717) is 18.2 Å². The molecule has 1 aromatic rings. The van der Waals surface area contributed by atoms with Crippen molar-refractivity contribution in [2.75, 3.05) is 20.1 Å². The maximum atomic E-state index is 12.2. The van der Waals surface area contributed by atoms with E-state index in [4.69, 9.17) is 16.3 Å². The average Bonchev–Trinajstić information content (AvgIpc) is 2.48. The Morgan fingerprint density at radius 1 is 1.43 bits per heavy atom. The minimum atomic E-state index is -0.469. The number of likely N-dealkylation sites (tertiary alicyclic amines) is 1. The molecule has 0 aromatic carbocycles. The van der Waals surface area contributed by atoms with Gasteiger partial charge in [0.1, 0.15) is 5.60 Å². The molecule has 0 bridgehead atoms. The summed E-state index contributed by atoms with van der Waals surface area (Å²) in [6.45, 7) is 7.66. The van der Waals surface area contributed by atoms with Crippen LogP contribution in [0.25, 0.3) is 0 Å². The lowest BCUT2D eigenvalue weighted by molar-refractivity contribution is 0.0120. The molecule has 0 N–H and O–H groups in total. The topological polar surface area (TPSA) is 58.6 Å². The first kappa shape index (κ1) is 17.9. The van der Waals surface area contributed by atoms with Crippen LogP contribution in [0.4, 0.5) is 4.79 Å². The lowest BCUT2D eigenvalue weighted by Gasteiger charge is -2.38. The Bertz CT molecular complexity index is 547. The first-order valence-corrected chi connectivity index (χ1v) is 8.27. The summed E-state index contributed by atoms with van der Waals surface area (Å²) in [5.74, 6) is 0. The largest absolute Gasteiger partial charge is 0.444 e. The number of amides is 1. The van der Waals surface area contributed by atoms with Gasteiger partial charge in [-0.15, -0.1) is 0 Å². The van der Waals surface area contributed by atoms with Crippen LogP contribution in [0, 0.1) is 0 Å². The molecule has 1 aromatic heterocycles. The lowest BCUT2D eigenvalue weighted by atomic mass is 10.0. The Labute approximate surface area is 142 Å². The highest BCUT2D eigenvalue weighted by molar-refractivity contribution is 6.29. The van der Waals surface area contributed by atoms with Crippen LogP contribution in [0.5, 0.6) is 0 Å². The molecule has 2 heterocycles. The van der Waals surface area contributed by atoms with E-state index < -0.39 is 5.60 Å². The van der Waals surface area contributed by atoms with Crippen LogP contribution in [-0.2, 0) is 11.3 Å². The van der Waals surface area contributed by atoms with Crippen LogP contribution < -0.4 is 0 Å². The number of piperidine rings is 1. The summed E-state index contributed by atoms with van der Waals surface area (Å²) in [6, 6.07) is 0.259. The number of carbonyl (C=O) groups excluding carboxylic acids is 1. The first-order chi connectivity index (χ1) is 10.8. The van der Waals surface area contributed by atoms with Crippen molar-refractivity contribution >= 4 is 17.7 Å². The fraction of sp³-hybridized carbons (Fsp3) is 0.688. The molecular weight excluding hydrogens is 316 g/mol. The van der Waals surface area contributed by atoms with Gasteiger partial charge in [-0.05, 0) is 40.7 Å². The Morgan fingerprint density at radius 3 is 2.78 bits per heavy atom. The molecule has 6 nitrogen and oxygen atoms in total. The lowest BCUT2D eigenvalue weighted by Crippen LogP contribution is -2.49. The van der Waals surface area contributed by atoms with Crippen LogP contribution in [0.3, 0.4) is 0 Å². The zero-order chi connectivity index (χ0) is 17.0. The maximum absolute atomic E-state index is 12.2. The summed E-state index contributed by atoms with van der Waals surface area (Å²) in [4.78, 5) is 24.5. The molecule has 128 valence electrons. The Kier molecular flexibility index (Phi) is 5.81. The van der Waals surface area contributed by atoms with Gasteiger partial charge in [-0.2, -0.15) is 0 Å². The highest BCUT2D eigenvalue weighted by Gasteiger charge is 2.29. The summed E-state index contributed by atoms with van der Waals surface area (Å²) in [5.41, 5.74) is 0.286. The van der Waals surface area contributed by atoms with Gasteiger partial charge in [-0.1, -0.05) is 11.6 Å². The second-order valence-corrected chi connectivity index (χ2v) is 7.29. The van der Waals surface area contributed by atoms with Gasteiger partial charge < -0.3 is 9.64 Å². The van der Waals surface area contributed by atoms with Crippen molar-refractivity contribution in [1.82, 2.24) is 19.8 Å². The van der Waals surface area contributed by atoms with Crippen molar-refractivity contribution in [3.8, 4) is 0 Å². The van der Waals surface area contributed by atoms with E-state index in [2.05, 4.69) is 14.9 Å². The van der Waals surface area contributed by atoms with Crippen molar-refractivity contribution in [3.63, 3.8) is 0 Å². The highest BCUT2D eigenvalue weighted by atomic mass is 35.5. The van der Waals surface area contributed by atoms with Gasteiger partial charge >= 0.3 is 6.09 Å². The van der Waals surface area contributed by atoms with E-state index >= 15 is 0 Å². The average molecular weight is 341 g/mol. The van der Waals surface area contributed by atoms with Crippen molar-refractivity contribution < 1.29 is 9.53 Å². The normalized spacial score (nSPS) is 19.0. The fourth-order valence-corrected chi connectivity index (χ4v) is 2.79. The number of nitrogens with zero attached hydrogens (tertiary/aromatic N) is 4. The Hall–Kier alpha value is -1.40. The fourth-order valence-electron chi connectivity index (χ4n) is 2.63. The zero-order valence-corrected chi connectivity index (χ0v) is 15.0. The first-order valence-electron chi connectivity index (χ1n) is 7.90. The molecule has 23 heavy (non-hydrogen) atoms. The SMILES string of the molecule is CN(Cc1nccnc1Cl)C1CCCN(C(=O)OC(C)(C)C)C1. The van der Waals surface area contributed by atoms with Crippen molar-refractivity contribution in [3.05, 3.63) is 23.2 Å². The van der Waals surface area contributed by atoms with Gasteiger partial charge in [0.05, 0.1) is 5.69 Å². The quantitative estimate of drug-likeness (QED) is 0.846. The second-order valence-electron chi connectivity index (χ2n) is 6.93. The summed E-state index contributed by atoms with van der Waals surface area (Å²) < 4.78 is 5.47. The summed E-state index contributed by atoms with van der Waals surface area (Å²) in [7, 11) is 2.02. The number of ether oxygens (including phenoxy) is 1. The van der Waals surface area contributed by atoms with Gasteiger partial charge in [0.15, 0.2) is 5.15 Å². The molecule has 1 amide bonds. The third-order valence-electron chi connectivity index (χ3n) is 3.79. The zero-order valence-electron chi connectivity index (χ0n) is 14.3. The molecule has 0 saturated carbocycles. The molecule has 0 aliphatic carbocycles. The van der Waals surface area contributed by atoms with Crippen molar-refractivity contribution in [2.24, 2.45) is 0 Å². The van der Waals surface area contributed by atoms with E-state index in [-0.39, 0.29) is 12.1 Å². The number of hydrogen-bond acceptors (Lipinski definition) is 5. The van der Waals surface area contributed by atoms with Crippen molar-refractivity contribution in [1.29, 1.82) is 0 Å². The Morgan fingerprint density at radius 2 is 2.13 bits per heavy atom. The van der Waals surface area contributed by atoms with Crippen LogP contribution in [0.15, 0.2) is 12.4 Å². The summed E-state index contributed by atoms with van der Waals surface area (Å²) in [6.07, 6.45) is 4.98. The number of likely N-dealkylation sites (N-methyl/N-ethyl adjacent to an activating group) is 1. The second kappa shape index (κ2) is 7.45. The number of carbonyl (C=O) groups is 1. The molecule has 1 fully saturated rings. The van der Waals surface area contributed by atoms with Crippen LogP contribution in [-0.4, -0.2) is 57.6 Å². The standard InChI is InChI=1S/C16H25ClN4O2/c1-16(2,3)23-15(22)21-9-5-6-12(10-21)20(4)11-13-14(17)19-8-7-18-13/h7-8,12H,5-6,9-11H2,1-4H3. The van der Waals surface area contributed by atoms with E-state index in [1.165, 1.54) is 0 Å². The van der Waals surface area contributed by atoms with E-state index in [9.17, 15) is 4.79 Å². The molecule has 0 spiro atoms. The molecule has 0 radical (unpaired) electrons. The predicted molar refractivity (Wildman–Crippen MR) is 89.3 cm³/mol. The third kappa shape index (κ3) is 5.32. The van der Waals surface area contributed by atoms with Crippen LogP contribution in [0.2, 0.25) is 5.15 Å². The van der Waals surface area contributed by atoms with Gasteiger partial charge in [-0.25, -0.2) is 9.78 Å². The van der Waals surface area contributed by atoms with Crippen LogP contribution in [0.1, 0.15) is 39.3 Å². The number of rotatable bonds is 3. The third-order valence-corrected chi connectivity index (χ3v) is 4.11. The predicted octanol–water partition coefficient (Wildman–Crippen LogP) is 2.96.